The van der Waals surface area contributed by atoms with Crippen molar-refractivity contribution in [1.82, 2.24) is 0 Å². The Morgan fingerprint density at radius 3 is 2.04 bits per heavy atom. The first-order valence-corrected chi connectivity index (χ1v) is 8.60. The number of unbranched alkanes of at least 4 members (excludes halogenated alkanes) is 8. The molecule has 0 aliphatic heterocycles. The molecular weight excluding hydrogens is 294 g/mol. The van der Waals surface area contributed by atoms with Crippen molar-refractivity contribution >= 4 is 11.7 Å². The first kappa shape index (κ1) is 19.1. The quantitative estimate of drug-likeness (QED) is 0.129. The third-order valence-electron chi connectivity index (χ3n) is 3.78. The lowest BCUT2D eigenvalue weighted by molar-refractivity contribution is -0.384. The Bertz CT molecular complexity index is 470. The van der Waals surface area contributed by atoms with E-state index in [0.29, 0.717) is 12.2 Å². The predicted molar refractivity (Wildman–Crippen MR) is 92.5 cm³/mol. The van der Waals surface area contributed by atoms with Crippen molar-refractivity contribution in [2.24, 2.45) is 0 Å². The zero-order valence-corrected chi connectivity index (χ0v) is 14.0. The number of rotatable bonds is 12. The van der Waals surface area contributed by atoms with Crippen LogP contribution in [0.25, 0.3) is 0 Å². The number of nitrogens with zero attached hydrogens (tertiary/aromatic N) is 1. The standard InChI is InChI=1S/C18H27NO4/c1-2-3-4-5-6-7-8-9-10-11-18(20)23-17-14-12-16(13-15-17)19(21)22/h12-15H,2-11H2,1H3/p+1. The number of hydrogen-bond acceptors (Lipinski definition) is 3. The second-order valence-electron chi connectivity index (χ2n) is 5.83. The lowest BCUT2D eigenvalue weighted by Gasteiger charge is -2.00. The lowest BCUT2D eigenvalue weighted by atomic mass is 10.1. The van der Waals surface area contributed by atoms with Crippen LogP contribution in [0, 0.1) is 10.1 Å². The highest BCUT2D eigenvalue weighted by Gasteiger charge is 2.15. The summed E-state index contributed by atoms with van der Waals surface area (Å²) < 4.78 is 5.27. The molecule has 128 valence electrons. The molecule has 1 N–H and O–H groups in total. The molecule has 0 amide bonds. The number of non-ortho nitro benzene ring substituents is 1. The summed E-state index contributed by atoms with van der Waals surface area (Å²) in [5.74, 6) is 0.394. The summed E-state index contributed by atoms with van der Waals surface area (Å²) in [5, 5.41) is 10.5. The van der Waals surface area contributed by atoms with Gasteiger partial charge in [0.1, 0.15) is 6.42 Å². The monoisotopic (exact) mass is 322 g/mol. The van der Waals surface area contributed by atoms with Crippen molar-refractivity contribution in [3.05, 3.63) is 34.4 Å². The third kappa shape index (κ3) is 8.96. The minimum atomic E-state index is -0.463. The summed E-state index contributed by atoms with van der Waals surface area (Å²) in [6.45, 7) is 2.22. The average Bonchev–Trinajstić information content (AvgIpc) is 2.54. The van der Waals surface area contributed by atoms with E-state index in [4.69, 9.17) is 4.74 Å². The van der Waals surface area contributed by atoms with Crippen LogP contribution in [0.4, 0.5) is 5.69 Å². The van der Waals surface area contributed by atoms with Gasteiger partial charge < -0.3 is 4.79 Å². The Morgan fingerprint density at radius 1 is 1.00 bits per heavy atom. The second kappa shape index (κ2) is 11.6. The van der Waals surface area contributed by atoms with Gasteiger partial charge in [-0.25, -0.2) is 0 Å². The van der Waals surface area contributed by atoms with Crippen molar-refractivity contribution in [3.8, 4) is 5.75 Å². The van der Waals surface area contributed by atoms with Gasteiger partial charge in [-0.2, -0.15) is 0 Å². The van der Waals surface area contributed by atoms with E-state index in [1.807, 2.05) is 0 Å². The van der Waals surface area contributed by atoms with Crippen molar-refractivity contribution in [3.63, 3.8) is 0 Å². The van der Waals surface area contributed by atoms with Crippen molar-refractivity contribution < 1.29 is 14.5 Å². The largest absolute Gasteiger partial charge is 0.488 e. The van der Waals surface area contributed by atoms with Crippen LogP contribution < -0.4 is 4.74 Å². The molecule has 5 nitrogen and oxygen atoms in total. The van der Waals surface area contributed by atoms with Gasteiger partial charge in [-0.3, -0.25) is 14.9 Å². The lowest BCUT2D eigenvalue weighted by Crippen LogP contribution is -2.08. The van der Waals surface area contributed by atoms with E-state index >= 15 is 0 Å². The smallest absolute Gasteiger partial charge is 0.339 e. The molecule has 0 bridgehead atoms. The Morgan fingerprint density at radius 2 is 1.52 bits per heavy atom. The van der Waals surface area contributed by atoms with Crippen molar-refractivity contribution in [2.45, 2.75) is 71.1 Å². The highest BCUT2D eigenvalue weighted by atomic mass is 16.6. The van der Waals surface area contributed by atoms with Crippen molar-refractivity contribution in [1.29, 1.82) is 0 Å². The van der Waals surface area contributed by atoms with E-state index in [2.05, 4.69) is 6.92 Å². The molecule has 0 spiro atoms. The van der Waals surface area contributed by atoms with E-state index in [0.717, 1.165) is 12.8 Å². The van der Waals surface area contributed by atoms with Gasteiger partial charge in [0.2, 0.25) is 5.75 Å². The number of hydrogen-bond donors (Lipinski definition) is 0. The maximum Gasteiger partial charge on any atom is 0.488 e. The molecule has 0 saturated heterocycles. The Kier molecular flexibility index (Phi) is 9.68. The zero-order valence-electron chi connectivity index (χ0n) is 14.0. The van der Waals surface area contributed by atoms with Gasteiger partial charge in [0.05, 0.1) is 4.92 Å². The SMILES string of the molecule is CCCCCCCCCCCC(=[OH+])Oc1ccc([N+](=O)[O-])cc1. The molecule has 0 aromatic heterocycles. The summed E-state index contributed by atoms with van der Waals surface area (Å²) in [7, 11) is 0. The summed E-state index contributed by atoms with van der Waals surface area (Å²) in [6.07, 6.45) is 11.5. The first-order chi connectivity index (χ1) is 11.1. The van der Waals surface area contributed by atoms with Crippen LogP contribution in [0.15, 0.2) is 24.3 Å². The van der Waals surface area contributed by atoms with Crippen LogP contribution in [0.3, 0.4) is 0 Å². The Balaban J connectivity index is 2.07. The molecule has 1 aromatic carbocycles. The van der Waals surface area contributed by atoms with Crippen molar-refractivity contribution in [2.75, 3.05) is 0 Å². The Labute approximate surface area is 138 Å². The zero-order chi connectivity index (χ0) is 16.9. The predicted octanol–water partition coefficient (Wildman–Crippen LogP) is 5.40. The van der Waals surface area contributed by atoms with E-state index in [-0.39, 0.29) is 11.7 Å². The number of carbonyl (C=O) groups excluding carboxylic acids is 1. The van der Waals surface area contributed by atoms with Gasteiger partial charge in [0.25, 0.3) is 5.69 Å². The maximum absolute atomic E-state index is 10.5. The van der Waals surface area contributed by atoms with Gasteiger partial charge >= 0.3 is 5.97 Å². The summed E-state index contributed by atoms with van der Waals surface area (Å²) in [4.78, 5) is 19.8. The molecule has 0 atom stereocenters. The molecule has 0 radical (unpaired) electrons. The van der Waals surface area contributed by atoms with Gasteiger partial charge in [0, 0.05) is 24.3 Å². The first-order valence-electron chi connectivity index (χ1n) is 8.60. The number of esters is 1. The van der Waals surface area contributed by atoms with E-state index in [1.165, 1.54) is 69.2 Å². The summed E-state index contributed by atoms with van der Waals surface area (Å²) >= 11 is 0. The topological polar surface area (TPSA) is 73.8 Å². The molecular formula is C18H28NO4+. The molecule has 0 unspecified atom stereocenters. The van der Waals surface area contributed by atoms with Crippen LogP contribution in [0.5, 0.6) is 5.75 Å². The molecule has 1 rings (SSSR count). The molecule has 0 heterocycles. The highest BCUT2D eigenvalue weighted by Crippen LogP contribution is 2.18. The molecule has 0 fully saturated rings. The summed E-state index contributed by atoms with van der Waals surface area (Å²) in [6, 6.07) is 5.71. The van der Waals surface area contributed by atoms with Crippen LogP contribution >= 0.6 is 0 Å². The Hall–Kier alpha value is -1.91. The van der Waals surface area contributed by atoms with Gasteiger partial charge in [-0.1, -0.05) is 58.3 Å². The molecule has 0 saturated carbocycles. The van der Waals surface area contributed by atoms with E-state index in [1.54, 1.807) is 0 Å². The van der Waals surface area contributed by atoms with Crippen LogP contribution in [-0.2, 0) is 0 Å². The molecule has 0 aliphatic rings. The van der Waals surface area contributed by atoms with Crippen LogP contribution in [0.2, 0.25) is 0 Å². The fourth-order valence-electron chi connectivity index (χ4n) is 2.41. The third-order valence-corrected chi connectivity index (χ3v) is 3.78. The minimum Gasteiger partial charge on any atom is -0.339 e. The van der Waals surface area contributed by atoms with Gasteiger partial charge in [-0.15, -0.1) is 0 Å². The second-order valence-corrected chi connectivity index (χ2v) is 5.83. The van der Waals surface area contributed by atoms with Gasteiger partial charge in [0.15, 0.2) is 0 Å². The van der Waals surface area contributed by atoms with E-state index in [9.17, 15) is 14.9 Å². The number of benzene rings is 1. The fraction of sp³-hybridized carbons (Fsp3) is 0.611. The number of nitro groups is 1. The van der Waals surface area contributed by atoms with Crippen LogP contribution in [-0.4, -0.2) is 15.7 Å². The molecule has 23 heavy (non-hydrogen) atoms. The van der Waals surface area contributed by atoms with E-state index < -0.39 is 4.92 Å². The number of ether oxygens (including phenoxy) is 1. The normalized spacial score (nSPS) is 10.5. The molecule has 0 aliphatic carbocycles. The highest BCUT2D eigenvalue weighted by molar-refractivity contribution is 5.73. The number of nitro benzene ring substituents is 1. The van der Waals surface area contributed by atoms with Gasteiger partial charge in [-0.05, 0) is 6.42 Å². The summed E-state index contributed by atoms with van der Waals surface area (Å²) in [5.41, 5.74) is 0.00998. The van der Waals surface area contributed by atoms with Crippen LogP contribution in [0.1, 0.15) is 71.1 Å². The maximum atomic E-state index is 10.5. The fourth-order valence-corrected chi connectivity index (χ4v) is 2.41. The minimum absolute atomic E-state index is 0.00998. The molecule has 5 heteroatoms. The molecule has 1 aromatic rings. The average molecular weight is 322 g/mol.